The molecule has 0 saturated carbocycles. The fourth-order valence-corrected chi connectivity index (χ4v) is 1.78. The van der Waals surface area contributed by atoms with Gasteiger partial charge < -0.3 is 10.1 Å². The van der Waals surface area contributed by atoms with Gasteiger partial charge in [0.15, 0.2) is 0 Å². The Hall–Kier alpha value is -2.07. The number of halogens is 2. The van der Waals surface area contributed by atoms with Crippen molar-refractivity contribution in [3.8, 4) is 5.75 Å². The van der Waals surface area contributed by atoms with E-state index in [1.165, 1.54) is 25.3 Å². The Morgan fingerprint density at radius 2 is 2.00 bits per heavy atom. The van der Waals surface area contributed by atoms with E-state index in [-0.39, 0.29) is 5.56 Å². The lowest BCUT2D eigenvalue weighted by Crippen LogP contribution is -2.13. The molecule has 0 aliphatic heterocycles. The third kappa shape index (κ3) is 3.03. The Morgan fingerprint density at radius 3 is 2.68 bits per heavy atom. The molecule has 0 atom stereocenters. The first-order valence-electron chi connectivity index (χ1n) is 5.51. The molecule has 98 valence electrons. The van der Waals surface area contributed by atoms with Crippen LogP contribution in [0.5, 0.6) is 5.75 Å². The van der Waals surface area contributed by atoms with Gasteiger partial charge in [0.2, 0.25) is 0 Å². The Morgan fingerprint density at radius 1 is 1.26 bits per heavy atom. The average molecular weight is 280 g/mol. The van der Waals surface area contributed by atoms with Gasteiger partial charge >= 0.3 is 0 Å². The van der Waals surface area contributed by atoms with Crippen LogP contribution in [0.1, 0.15) is 10.4 Å². The van der Waals surface area contributed by atoms with Crippen LogP contribution in [0.2, 0.25) is 5.02 Å². The third-order valence-electron chi connectivity index (χ3n) is 2.53. The van der Waals surface area contributed by atoms with Crippen molar-refractivity contribution >= 4 is 23.2 Å². The SMILES string of the molecule is COc1cc(NC(=O)c2ccccc2F)ccc1Cl. The molecule has 0 aliphatic carbocycles. The Labute approximate surface area is 115 Å². The Kier molecular flexibility index (Phi) is 4.02. The molecule has 0 unspecified atom stereocenters. The summed E-state index contributed by atoms with van der Waals surface area (Å²) < 4.78 is 18.5. The average Bonchev–Trinajstić information content (AvgIpc) is 2.41. The second kappa shape index (κ2) is 5.71. The standard InChI is InChI=1S/C14H11ClFNO2/c1-19-13-8-9(6-7-11(13)15)17-14(18)10-4-2-3-5-12(10)16/h2-8H,1H3,(H,17,18). The van der Waals surface area contributed by atoms with E-state index < -0.39 is 11.7 Å². The molecule has 2 rings (SSSR count). The topological polar surface area (TPSA) is 38.3 Å². The van der Waals surface area contributed by atoms with E-state index in [9.17, 15) is 9.18 Å². The van der Waals surface area contributed by atoms with Crippen LogP contribution in [0.15, 0.2) is 42.5 Å². The van der Waals surface area contributed by atoms with E-state index in [0.29, 0.717) is 16.5 Å². The molecule has 1 N–H and O–H groups in total. The van der Waals surface area contributed by atoms with Crippen LogP contribution in [0.4, 0.5) is 10.1 Å². The van der Waals surface area contributed by atoms with Gasteiger partial charge in [-0.05, 0) is 24.3 Å². The monoisotopic (exact) mass is 279 g/mol. The minimum atomic E-state index is -0.569. The highest BCUT2D eigenvalue weighted by Crippen LogP contribution is 2.27. The van der Waals surface area contributed by atoms with E-state index in [1.54, 1.807) is 24.3 Å². The summed E-state index contributed by atoms with van der Waals surface area (Å²) in [6.07, 6.45) is 0. The van der Waals surface area contributed by atoms with Gasteiger partial charge in [-0.25, -0.2) is 4.39 Å². The van der Waals surface area contributed by atoms with E-state index in [2.05, 4.69) is 5.32 Å². The quantitative estimate of drug-likeness (QED) is 0.929. The number of hydrogen-bond acceptors (Lipinski definition) is 2. The second-order valence-corrected chi connectivity index (χ2v) is 4.19. The Balaban J connectivity index is 2.22. The molecule has 2 aromatic carbocycles. The third-order valence-corrected chi connectivity index (χ3v) is 2.84. The lowest BCUT2D eigenvalue weighted by molar-refractivity contribution is 0.102. The molecule has 1 amide bonds. The van der Waals surface area contributed by atoms with Crippen LogP contribution in [0, 0.1) is 5.82 Å². The largest absolute Gasteiger partial charge is 0.495 e. The molecule has 0 aromatic heterocycles. The van der Waals surface area contributed by atoms with Gasteiger partial charge in [0.05, 0.1) is 17.7 Å². The molecular weight excluding hydrogens is 269 g/mol. The van der Waals surface area contributed by atoms with Gasteiger partial charge in [-0.1, -0.05) is 23.7 Å². The first-order valence-corrected chi connectivity index (χ1v) is 5.89. The van der Waals surface area contributed by atoms with Gasteiger partial charge in [0, 0.05) is 11.8 Å². The smallest absolute Gasteiger partial charge is 0.258 e. The highest BCUT2D eigenvalue weighted by Gasteiger charge is 2.11. The summed E-state index contributed by atoms with van der Waals surface area (Å²) in [6.45, 7) is 0. The molecule has 0 heterocycles. The van der Waals surface area contributed by atoms with E-state index >= 15 is 0 Å². The number of carbonyl (C=O) groups is 1. The van der Waals surface area contributed by atoms with Crippen molar-refractivity contribution < 1.29 is 13.9 Å². The highest BCUT2D eigenvalue weighted by atomic mass is 35.5. The molecule has 19 heavy (non-hydrogen) atoms. The number of rotatable bonds is 3. The summed E-state index contributed by atoms with van der Waals surface area (Å²) in [4.78, 5) is 11.9. The number of carbonyl (C=O) groups excluding carboxylic acids is 1. The summed E-state index contributed by atoms with van der Waals surface area (Å²) in [5.74, 6) is -0.656. The van der Waals surface area contributed by atoms with Crippen molar-refractivity contribution in [3.63, 3.8) is 0 Å². The van der Waals surface area contributed by atoms with Crippen molar-refractivity contribution in [1.82, 2.24) is 0 Å². The molecule has 0 fully saturated rings. The number of anilines is 1. The maximum Gasteiger partial charge on any atom is 0.258 e. The van der Waals surface area contributed by atoms with E-state index in [1.807, 2.05) is 0 Å². The van der Waals surface area contributed by atoms with Crippen molar-refractivity contribution in [2.75, 3.05) is 12.4 Å². The molecule has 3 nitrogen and oxygen atoms in total. The molecule has 0 saturated heterocycles. The maximum absolute atomic E-state index is 13.4. The zero-order valence-corrected chi connectivity index (χ0v) is 10.9. The van der Waals surface area contributed by atoms with Crippen LogP contribution in [-0.4, -0.2) is 13.0 Å². The number of benzene rings is 2. The van der Waals surface area contributed by atoms with Gasteiger partial charge in [0.1, 0.15) is 11.6 Å². The maximum atomic E-state index is 13.4. The molecule has 0 spiro atoms. The minimum Gasteiger partial charge on any atom is -0.495 e. The van der Waals surface area contributed by atoms with Crippen molar-refractivity contribution in [2.45, 2.75) is 0 Å². The van der Waals surface area contributed by atoms with Crippen molar-refractivity contribution in [2.24, 2.45) is 0 Å². The predicted molar refractivity (Wildman–Crippen MR) is 72.4 cm³/mol. The summed E-state index contributed by atoms with van der Waals surface area (Å²) in [7, 11) is 1.48. The fourth-order valence-electron chi connectivity index (χ4n) is 1.58. The molecule has 2 aromatic rings. The zero-order chi connectivity index (χ0) is 13.8. The zero-order valence-electron chi connectivity index (χ0n) is 10.1. The molecule has 5 heteroatoms. The number of hydrogen-bond donors (Lipinski definition) is 1. The minimum absolute atomic E-state index is 0.0172. The van der Waals surface area contributed by atoms with Crippen LogP contribution in [0.3, 0.4) is 0 Å². The lowest BCUT2D eigenvalue weighted by Gasteiger charge is -2.08. The number of amides is 1. The van der Waals surface area contributed by atoms with Crippen molar-refractivity contribution in [1.29, 1.82) is 0 Å². The highest BCUT2D eigenvalue weighted by molar-refractivity contribution is 6.32. The fraction of sp³-hybridized carbons (Fsp3) is 0.0714. The second-order valence-electron chi connectivity index (χ2n) is 3.78. The van der Waals surface area contributed by atoms with Gasteiger partial charge in [0.25, 0.3) is 5.91 Å². The molecule has 0 aliphatic rings. The van der Waals surface area contributed by atoms with Crippen LogP contribution in [-0.2, 0) is 0 Å². The van der Waals surface area contributed by atoms with Crippen LogP contribution in [0.25, 0.3) is 0 Å². The van der Waals surface area contributed by atoms with Crippen LogP contribution >= 0.6 is 11.6 Å². The Bertz CT molecular complexity index is 616. The summed E-state index contributed by atoms with van der Waals surface area (Å²) in [5.41, 5.74) is 0.464. The molecule has 0 bridgehead atoms. The molecular formula is C14H11ClFNO2. The first kappa shape index (κ1) is 13.4. The predicted octanol–water partition coefficient (Wildman–Crippen LogP) is 3.74. The van der Waals surface area contributed by atoms with Crippen molar-refractivity contribution in [3.05, 3.63) is 58.9 Å². The number of nitrogens with one attached hydrogen (secondary N) is 1. The molecule has 0 radical (unpaired) electrons. The first-order chi connectivity index (χ1) is 9.11. The van der Waals surface area contributed by atoms with Crippen LogP contribution < -0.4 is 10.1 Å². The van der Waals surface area contributed by atoms with E-state index in [4.69, 9.17) is 16.3 Å². The summed E-state index contributed by atoms with van der Waals surface area (Å²) in [6, 6.07) is 10.6. The van der Waals surface area contributed by atoms with Gasteiger partial charge in [-0.2, -0.15) is 0 Å². The van der Waals surface area contributed by atoms with Gasteiger partial charge in [-0.3, -0.25) is 4.79 Å². The van der Waals surface area contributed by atoms with Gasteiger partial charge in [-0.15, -0.1) is 0 Å². The number of ether oxygens (including phenoxy) is 1. The summed E-state index contributed by atoms with van der Waals surface area (Å²) >= 11 is 5.88. The number of methoxy groups -OCH3 is 1. The van der Waals surface area contributed by atoms with E-state index in [0.717, 1.165) is 0 Å². The summed E-state index contributed by atoms with van der Waals surface area (Å²) in [5, 5.41) is 3.02. The normalized spacial score (nSPS) is 10.1. The lowest BCUT2D eigenvalue weighted by atomic mass is 10.2.